The number of halogens is 1. The Bertz CT molecular complexity index is 747. The van der Waals surface area contributed by atoms with Crippen LogP contribution in [-0.2, 0) is 0 Å². The normalized spacial score (nSPS) is 10.8. The minimum Gasteiger partial charge on any atom is -0.416 e. The molecule has 0 unspecified atom stereocenters. The largest absolute Gasteiger partial charge is 0.416 e. The Hall–Kier alpha value is -1.94. The van der Waals surface area contributed by atoms with Gasteiger partial charge in [-0.3, -0.25) is 0 Å². The summed E-state index contributed by atoms with van der Waals surface area (Å²) in [5.41, 5.74) is 4.33. The molecule has 0 amide bonds. The van der Waals surface area contributed by atoms with Gasteiger partial charge in [0.2, 0.25) is 11.8 Å². The van der Waals surface area contributed by atoms with Crippen LogP contribution in [0.15, 0.2) is 51.4 Å². The van der Waals surface area contributed by atoms with E-state index in [1.54, 1.807) is 0 Å². The molecule has 0 atom stereocenters. The van der Waals surface area contributed by atoms with Crippen LogP contribution in [0, 0.1) is 13.8 Å². The van der Waals surface area contributed by atoms with Gasteiger partial charge in [-0.15, -0.1) is 10.2 Å². The lowest BCUT2D eigenvalue weighted by Gasteiger charge is -2.01. The number of aryl methyl sites for hydroxylation is 2. The van der Waals surface area contributed by atoms with Crippen molar-refractivity contribution in [2.75, 3.05) is 0 Å². The molecule has 100 valence electrons. The summed E-state index contributed by atoms with van der Waals surface area (Å²) in [5, 5.41) is 8.24. The maximum atomic E-state index is 5.75. The smallest absolute Gasteiger partial charge is 0.248 e. The van der Waals surface area contributed by atoms with Gasteiger partial charge in [0.05, 0.1) is 0 Å². The van der Waals surface area contributed by atoms with E-state index in [2.05, 4.69) is 52.1 Å². The van der Waals surface area contributed by atoms with Gasteiger partial charge in [-0.05, 0) is 61.4 Å². The Morgan fingerprint density at radius 2 is 1.40 bits per heavy atom. The van der Waals surface area contributed by atoms with Crippen LogP contribution in [0.4, 0.5) is 0 Å². The maximum absolute atomic E-state index is 5.75. The monoisotopic (exact) mass is 328 g/mol. The van der Waals surface area contributed by atoms with E-state index in [4.69, 9.17) is 4.42 Å². The molecule has 0 aliphatic rings. The van der Waals surface area contributed by atoms with E-state index < -0.39 is 0 Å². The fraction of sp³-hybridized carbons (Fsp3) is 0.125. The molecular weight excluding hydrogens is 316 g/mol. The molecule has 0 fully saturated rings. The zero-order valence-electron chi connectivity index (χ0n) is 11.2. The number of benzene rings is 2. The Kier molecular flexibility index (Phi) is 3.40. The molecular formula is C16H13BrN2O. The maximum Gasteiger partial charge on any atom is 0.248 e. The molecule has 0 spiro atoms. The van der Waals surface area contributed by atoms with Crippen LogP contribution in [-0.4, -0.2) is 10.2 Å². The quantitative estimate of drug-likeness (QED) is 0.679. The minimum atomic E-state index is 0.533. The van der Waals surface area contributed by atoms with Crippen LogP contribution in [0.3, 0.4) is 0 Å². The summed E-state index contributed by atoms with van der Waals surface area (Å²) in [6, 6.07) is 13.9. The highest BCUT2D eigenvalue weighted by Gasteiger charge is 2.10. The van der Waals surface area contributed by atoms with E-state index in [-0.39, 0.29) is 0 Å². The van der Waals surface area contributed by atoms with Crippen molar-refractivity contribution in [1.29, 1.82) is 0 Å². The van der Waals surface area contributed by atoms with E-state index in [0.29, 0.717) is 11.8 Å². The first-order valence-electron chi connectivity index (χ1n) is 6.30. The second-order valence-corrected chi connectivity index (χ2v) is 5.63. The lowest BCUT2D eigenvalue weighted by Crippen LogP contribution is -1.83. The fourth-order valence-corrected chi connectivity index (χ4v) is 2.19. The highest BCUT2D eigenvalue weighted by Crippen LogP contribution is 2.26. The van der Waals surface area contributed by atoms with Gasteiger partial charge in [-0.25, -0.2) is 0 Å². The van der Waals surface area contributed by atoms with Gasteiger partial charge < -0.3 is 4.42 Å². The van der Waals surface area contributed by atoms with Crippen LogP contribution in [0.5, 0.6) is 0 Å². The third-order valence-electron chi connectivity index (χ3n) is 3.27. The van der Waals surface area contributed by atoms with Crippen molar-refractivity contribution in [2.45, 2.75) is 13.8 Å². The molecule has 3 aromatic rings. The van der Waals surface area contributed by atoms with Crippen molar-refractivity contribution in [3.63, 3.8) is 0 Å². The average Bonchev–Trinajstić information content (AvgIpc) is 2.92. The zero-order valence-corrected chi connectivity index (χ0v) is 12.8. The van der Waals surface area contributed by atoms with Gasteiger partial charge in [-0.1, -0.05) is 22.0 Å². The Balaban J connectivity index is 1.97. The van der Waals surface area contributed by atoms with Gasteiger partial charge in [0.15, 0.2) is 0 Å². The summed E-state index contributed by atoms with van der Waals surface area (Å²) in [5.74, 6) is 1.08. The SMILES string of the molecule is Cc1ccc(-c2nnc(-c3ccc(Br)cc3)o2)cc1C. The molecule has 0 aliphatic heterocycles. The number of hydrogen-bond donors (Lipinski definition) is 0. The first kappa shape index (κ1) is 13.1. The van der Waals surface area contributed by atoms with E-state index >= 15 is 0 Å². The van der Waals surface area contributed by atoms with Crippen molar-refractivity contribution in [3.05, 3.63) is 58.1 Å². The summed E-state index contributed by atoms with van der Waals surface area (Å²) in [4.78, 5) is 0. The molecule has 0 bridgehead atoms. The molecule has 0 aliphatic carbocycles. The Morgan fingerprint density at radius 1 is 0.800 bits per heavy atom. The van der Waals surface area contributed by atoms with E-state index in [9.17, 15) is 0 Å². The molecule has 3 nitrogen and oxygen atoms in total. The number of hydrogen-bond acceptors (Lipinski definition) is 3. The number of nitrogens with zero attached hydrogens (tertiary/aromatic N) is 2. The second-order valence-electron chi connectivity index (χ2n) is 4.72. The number of rotatable bonds is 2. The van der Waals surface area contributed by atoms with Gasteiger partial charge in [0, 0.05) is 15.6 Å². The van der Waals surface area contributed by atoms with Gasteiger partial charge in [0.25, 0.3) is 0 Å². The van der Waals surface area contributed by atoms with Crippen LogP contribution in [0.25, 0.3) is 22.9 Å². The highest BCUT2D eigenvalue weighted by atomic mass is 79.9. The lowest BCUT2D eigenvalue weighted by atomic mass is 10.1. The van der Waals surface area contributed by atoms with E-state index in [0.717, 1.165) is 15.6 Å². The summed E-state index contributed by atoms with van der Waals surface area (Å²) in [6.45, 7) is 4.16. The molecule has 4 heteroatoms. The molecule has 0 N–H and O–H groups in total. The van der Waals surface area contributed by atoms with Crippen molar-refractivity contribution in [3.8, 4) is 22.9 Å². The molecule has 20 heavy (non-hydrogen) atoms. The predicted octanol–water partition coefficient (Wildman–Crippen LogP) is 4.78. The second kappa shape index (κ2) is 5.21. The summed E-state index contributed by atoms with van der Waals surface area (Å²) < 4.78 is 6.78. The third kappa shape index (κ3) is 2.51. The first-order valence-corrected chi connectivity index (χ1v) is 7.10. The summed E-state index contributed by atoms with van der Waals surface area (Å²) in [6.07, 6.45) is 0. The topological polar surface area (TPSA) is 38.9 Å². The molecule has 0 saturated heterocycles. The van der Waals surface area contributed by atoms with Crippen LogP contribution < -0.4 is 0 Å². The van der Waals surface area contributed by atoms with Crippen molar-refractivity contribution < 1.29 is 4.42 Å². The average molecular weight is 329 g/mol. The number of aromatic nitrogens is 2. The molecule has 3 rings (SSSR count). The minimum absolute atomic E-state index is 0.533. The molecule has 1 aromatic heterocycles. The predicted molar refractivity (Wildman–Crippen MR) is 82.3 cm³/mol. The first-order chi connectivity index (χ1) is 9.63. The third-order valence-corrected chi connectivity index (χ3v) is 3.80. The van der Waals surface area contributed by atoms with E-state index in [1.807, 2.05) is 30.3 Å². The van der Waals surface area contributed by atoms with Gasteiger partial charge in [0.1, 0.15) is 0 Å². The highest BCUT2D eigenvalue weighted by molar-refractivity contribution is 9.10. The zero-order chi connectivity index (χ0) is 14.1. The van der Waals surface area contributed by atoms with Crippen LogP contribution >= 0.6 is 15.9 Å². The molecule has 2 aromatic carbocycles. The fourth-order valence-electron chi connectivity index (χ4n) is 1.92. The lowest BCUT2D eigenvalue weighted by molar-refractivity contribution is 0.584. The van der Waals surface area contributed by atoms with Gasteiger partial charge in [-0.2, -0.15) is 0 Å². The molecule has 0 saturated carbocycles. The Labute approximate surface area is 125 Å². The van der Waals surface area contributed by atoms with Crippen molar-refractivity contribution >= 4 is 15.9 Å². The molecule has 0 radical (unpaired) electrons. The summed E-state index contributed by atoms with van der Waals surface area (Å²) >= 11 is 3.41. The van der Waals surface area contributed by atoms with Crippen LogP contribution in [0.1, 0.15) is 11.1 Å². The molecule has 1 heterocycles. The van der Waals surface area contributed by atoms with Crippen molar-refractivity contribution in [1.82, 2.24) is 10.2 Å². The van der Waals surface area contributed by atoms with Crippen LogP contribution in [0.2, 0.25) is 0 Å². The van der Waals surface area contributed by atoms with Crippen molar-refractivity contribution in [2.24, 2.45) is 0 Å². The van der Waals surface area contributed by atoms with Gasteiger partial charge >= 0.3 is 0 Å². The van der Waals surface area contributed by atoms with E-state index in [1.165, 1.54) is 11.1 Å². The Morgan fingerprint density at radius 3 is 2.05 bits per heavy atom. The summed E-state index contributed by atoms with van der Waals surface area (Å²) in [7, 11) is 0. The standard InChI is InChI=1S/C16H13BrN2O/c1-10-3-4-13(9-11(10)2)16-19-18-15(20-16)12-5-7-14(17)8-6-12/h3-9H,1-2H3.